The van der Waals surface area contributed by atoms with E-state index in [9.17, 15) is 23.7 Å². The van der Waals surface area contributed by atoms with Crippen LogP contribution in [-0.2, 0) is 41.3 Å². The van der Waals surface area contributed by atoms with Crippen LogP contribution in [0.1, 0.15) is 84.9 Å². The van der Waals surface area contributed by atoms with Crippen LogP contribution in [0.3, 0.4) is 0 Å². The van der Waals surface area contributed by atoms with Gasteiger partial charge >= 0.3 is 13.6 Å². The molecular formula is C49H57N4O11P. The fraction of sp³-hybridized carbons (Fsp3) is 0.347. The molecule has 2 atom stereocenters. The van der Waals surface area contributed by atoms with E-state index in [0.29, 0.717) is 62.5 Å². The predicted octanol–water partition coefficient (Wildman–Crippen LogP) is 8.43. The Bertz CT molecular complexity index is 2360. The monoisotopic (exact) mass is 908 g/mol. The second kappa shape index (κ2) is 23.5. The van der Waals surface area contributed by atoms with Gasteiger partial charge in [-0.05, 0) is 79.4 Å². The maximum Gasteiger partial charge on any atom is 0.363 e. The lowest BCUT2D eigenvalue weighted by Gasteiger charge is -2.32. The summed E-state index contributed by atoms with van der Waals surface area (Å²) in [7, 11) is -2.10. The molecule has 4 aromatic carbocycles. The molecule has 16 heteroatoms. The molecule has 1 aliphatic rings. The van der Waals surface area contributed by atoms with Crippen LogP contribution in [0.25, 0.3) is 11.3 Å². The van der Waals surface area contributed by atoms with Crippen LogP contribution < -0.4 is 30.3 Å². The summed E-state index contributed by atoms with van der Waals surface area (Å²) in [5.74, 6) is -1.31. The lowest BCUT2D eigenvalue weighted by molar-refractivity contribution is -0.171. The fourth-order valence-corrected chi connectivity index (χ4v) is 8.97. The molecule has 0 spiro atoms. The van der Waals surface area contributed by atoms with Crippen molar-refractivity contribution in [2.45, 2.75) is 72.1 Å². The van der Waals surface area contributed by atoms with Crippen molar-refractivity contribution in [3.8, 4) is 22.8 Å². The lowest BCUT2D eigenvalue weighted by Crippen LogP contribution is -2.49. The van der Waals surface area contributed by atoms with Gasteiger partial charge in [-0.2, -0.15) is 5.06 Å². The van der Waals surface area contributed by atoms with Gasteiger partial charge in [0.05, 0.1) is 61.5 Å². The standard InChI is InChI=1S/C49H57N4O11P/c1-5-8-11-20-41(42(6-2)53(34-54)64-49(57)37-21-22-45-43(29-37)52(4)25-26-60-45)47(55)50-33-51-48(56)46-24-23-44(63-46)38-27-39(59-7-3)30-40(28-38)65(58,61-31-35-16-12-9-13-17-35)62-32-36-18-14-10-15-19-36/h9-10,12-19,21-24,27-30,34,41-42H,5-8,11,20,25-26,31-33H2,1-4H3,(H,50,55)(H,51,56)/t41-,42-/m1/s1. The van der Waals surface area contributed by atoms with Crippen molar-refractivity contribution in [2.75, 3.05) is 38.4 Å². The molecule has 0 saturated carbocycles. The first-order chi connectivity index (χ1) is 31.5. The summed E-state index contributed by atoms with van der Waals surface area (Å²) in [6.07, 6.45) is 3.55. The number of carbonyl (C=O) groups excluding carboxylic acids is 4. The maximum atomic E-state index is 14.7. The molecule has 344 valence electrons. The normalized spacial score (nSPS) is 13.1. The first-order valence-electron chi connectivity index (χ1n) is 21.9. The molecule has 65 heavy (non-hydrogen) atoms. The zero-order valence-electron chi connectivity index (χ0n) is 37.2. The first kappa shape index (κ1) is 48.1. The Morgan fingerprint density at radius 1 is 0.862 bits per heavy atom. The minimum atomic E-state index is -3.99. The van der Waals surface area contributed by atoms with Gasteiger partial charge in [-0.25, -0.2) is 4.79 Å². The number of hydroxylamine groups is 2. The molecule has 5 aromatic rings. The molecule has 6 rings (SSSR count). The molecule has 15 nitrogen and oxygen atoms in total. The molecule has 3 amide bonds. The second-order valence-electron chi connectivity index (χ2n) is 15.4. The SMILES string of the molecule is CCCCC[C@@H](C(=O)NCNC(=O)c1ccc(-c2cc(OCC)cc(P(=O)(OCc3ccccc3)OCc3ccccc3)c2)o1)[C@@H](CC)N(C=O)OC(=O)c1ccc2c(c1)N(C)CCO2. The largest absolute Gasteiger partial charge is 0.494 e. The third-order valence-corrected chi connectivity index (χ3v) is 12.7. The van der Waals surface area contributed by atoms with Crippen LogP contribution >= 0.6 is 7.60 Å². The number of carbonyl (C=O) groups is 4. The number of benzene rings is 4. The lowest BCUT2D eigenvalue weighted by atomic mass is 9.90. The molecule has 1 aliphatic heterocycles. The summed E-state index contributed by atoms with van der Waals surface area (Å²) in [5, 5.41) is 6.59. The minimum Gasteiger partial charge on any atom is -0.494 e. The molecule has 1 aromatic heterocycles. The number of unbranched alkanes of at least 4 members (excludes halogenated alkanes) is 2. The number of nitrogens with one attached hydrogen (secondary N) is 2. The highest BCUT2D eigenvalue weighted by molar-refractivity contribution is 7.62. The second-order valence-corrected chi connectivity index (χ2v) is 17.5. The molecule has 0 unspecified atom stereocenters. The van der Waals surface area contributed by atoms with Gasteiger partial charge in [0.1, 0.15) is 23.9 Å². The summed E-state index contributed by atoms with van der Waals surface area (Å²) >= 11 is 0. The summed E-state index contributed by atoms with van der Waals surface area (Å²) in [6.45, 7) is 6.95. The number of anilines is 1. The van der Waals surface area contributed by atoms with Crippen molar-refractivity contribution in [3.05, 3.63) is 132 Å². The van der Waals surface area contributed by atoms with Crippen molar-refractivity contribution >= 4 is 42.8 Å². The smallest absolute Gasteiger partial charge is 0.363 e. The summed E-state index contributed by atoms with van der Waals surface area (Å²) in [6, 6.07) is 30.9. The first-order valence-corrected chi connectivity index (χ1v) is 23.4. The average Bonchev–Trinajstić information content (AvgIpc) is 3.84. The van der Waals surface area contributed by atoms with E-state index >= 15 is 0 Å². The Kier molecular flexibility index (Phi) is 17.4. The summed E-state index contributed by atoms with van der Waals surface area (Å²) in [5.41, 5.74) is 3.02. The van der Waals surface area contributed by atoms with Crippen LogP contribution in [-0.4, -0.2) is 68.8 Å². The van der Waals surface area contributed by atoms with Gasteiger partial charge in [-0.3, -0.25) is 18.9 Å². The van der Waals surface area contributed by atoms with E-state index in [1.165, 1.54) is 6.07 Å². The Morgan fingerprint density at radius 2 is 1.57 bits per heavy atom. The third-order valence-electron chi connectivity index (χ3n) is 10.9. The number of nitrogens with zero attached hydrogens (tertiary/aromatic N) is 2. The van der Waals surface area contributed by atoms with Crippen LogP contribution in [0.4, 0.5) is 5.69 Å². The van der Waals surface area contributed by atoms with Crippen LogP contribution in [0.2, 0.25) is 0 Å². The number of ether oxygens (including phenoxy) is 2. The van der Waals surface area contributed by atoms with Gasteiger partial charge < -0.3 is 43.3 Å². The molecule has 0 fully saturated rings. The van der Waals surface area contributed by atoms with E-state index in [2.05, 4.69) is 10.6 Å². The number of hydrogen-bond acceptors (Lipinski definition) is 12. The molecular weight excluding hydrogens is 852 g/mol. The van der Waals surface area contributed by atoms with Gasteiger partial charge in [-0.1, -0.05) is 93.8 Å². The van der Waals surface area contributed by atoms with Gasteiger partial charge in [0.25, 0.3) is 5.91 Å². The predicted molar refractivity (Wildman–Crippen MR) is 246 cm³/mol. The Labute approximate surface area is 379 Å². The van der Waals surface area contributed by atoms with E-state index in [-0.39, 0.29) is 42.3 Å². The van der Waals surface area contributed by atoms with Crippen molar-refractivity contribution in [2.24, 2.45) is 5.92 Å². The Hall–Kier alpha value is -6.41. The molecule has 2 N–H and O–H groups in total. The van der Waals surface area contributed by atoms with Gasteiger partial charge in [0.2, 0.25) is 12.3 Å². The molecule has 0 bridgehead atoms. The minimum absolute atomic E-state index is 0.0222. The van der Waals surface area contributed by atoms with E-state index in [1.54, 1.807) is 49.4 Å². The molecule has 2 heterocycles. The summed E-state index contributed by atoms with van der Waals surface area (Å²) in [4.78, 5) is 60.6. The third kappa shape index (κ3) is 12.9. The van der Waals surface area contributed by atoms with E-state index in [4.69, 9.17) is 27.8 Å². The van der Waals surface area contributed by atoms with Crippen LogP contribution in [0, 0.1) is 5.92 Å². The van der Waals surface area contributed by atoms with Crippen molar-refractivity contribution in [1.82, 2.24) is 15.7 Å². The van der Waals surface area contributed by atoms with Crippen molar-refractivity contribution in [1.29, 1.82) is 0 Å². The van der Waals surface area contributed by atoms with Gasteiger partial charge in [0, 0.05) is 12.6 Å². The topological polar surface area (TPSA) is 175 Å². The number of rotatable bonds is 24. The van der Waals surface area contributed by atoms with E-state index < -0.39 is 37.3 Å². The zero-order chi connectivity index (χ0) is 46.2. The molecule has 0 radical (unpaired) electrons. The molecule has 0 aliphatic carbocycles. The van der Waals surface area contributed by atoms with Gasteiger partial charge in [0.15, 0.2) is 5.76 Å². The highest BCUT2D eigenvalue weighted by atomic mass is 31.2. The van der Waals surface area contributed by atoms with Crippen molar-refractivity contribution in [3.63, 3.8) is 0 Å². The van der Waals surface area contributed by atoms with Crippen LogP contribution in [0.15, 0.2) is 114 Å². The Balaban J connectivity index is 1.14. The Morgan fingerprint density at radius 3 is 2.22 bits per heavy atom. The number of fused-ring (bicyclic) bond motifs is 1. The zero-order valence-corrected chi connectivity index (χ0v) is 38.1. The summed E-state index contributed by atoms with van der Waals surface area (Å²) < 4.78 is 44.5. The quantitative estimate of drug-likeness (QED) is 0.0199. The van der Waals surface area contributed by atoms with Crippen molar-refractivity contribution < 1.29 is 51.5 Å². The fourth-order valence-electron chi connectivity index (χ4n) is 7.38. The highest BCUT2D eigenvalue weighted by Gasteiger charge is 2.34. The van der Waals surface area contributed by atoms with Crippen LogP contribution in [0.5, 0.6) is 11.5 Å². The number of furan rings is 1. The number of amides is 3. The average molecular weight is 909 g/mol. The maximum absolute atomic E-state index is 14.7. The van der Waals surface area contributed by atoms with E-state index in [0.717, 1.165) is 34.7 Å². The molecule has 0 saturated heterocycles. The number of likely N-dealkylation sites (N-methyl/N-ethyl adjacent to an activating group) is 1. The van der Waals surface area contributed by atoms with E-state index in [1.807, 2.05) is 86.5 Å². The number of hydrogen-bond donors (Lipinski definition) is 2. The van der Waals surface area contributed by atoms with Gasteiger partial charge in [-0.15, -0.1) is 0 Å². The highest BCUT2D eigenvalue weighted by Crippen LogP contribution is 2.50.